The van der Waals surface area contributed by atoms with Gasteiger partial charge in [-0.3, -0.25) is 4.79 Å². The van der Waals surface area contributed by atoms with E-state index < -0.39 is 6.10 Å². The zero-order chi connectivity index (χ0) is 16.3. The summed E-state index contributed by atoms with van der Waals surface area (Å²) < 4.78 is 5.13. The largest absolute Gasteiger partial charge is 0.497 e. The average molecular weight is 299 g/mol. The smallest absolute Gasteiger partial charge is 0.233 e. The third kappa shape index (κ3) is 2.71. The standard InChI is InChI=1S/C18H21NO3/c1-5-7-15-16(17(20)12(3)6-2)19(18(15)21)13-8-10-14(22-4)11-9-13/h5,8-11,15-17,20H,1-2,7H2,3-4H3/t15-,16-,17-/m1/s1. The predicted molar refractivity (Wildman–Crippen MR) is 86.9 cm³/mol. The Morgan fingerprint density at radius 1 is 1.50 bits per heavy atom. The molecule has 0 unspecified atom stereocenters. The molecule has 4 heteroatoms. The molecule has 1 aliphatic heterocycles. The quantitative estimate of drug-likeness (QED) is 0.499. The normalized spacial score (nSPS) is 21.6. The number of anilines is 1. The summed E-state index contributed by atoms with van der Waals surface area (Å²) in [6, 6.07) is 6.89. The molecule has 0 spiro atoms. The third-order valence-electron chi connectivity index (χ3n) is 4.08. The zero-order valence-corrected chi connectivity index (χ0v) is 13.0. The predicted octanol–water partition coefficient (Wildman–Crippen LogP) is 2.69. The molecule has 0 aromatic heterocycles. The van der Waals surface area contributed by atoms with E-state index in [1.54, 1.807) is 37.1 Å². The highest BCUT2D eigenvalue weighted by molar-refractivity contribution is 6.03. The lowest BCUT2D eigenvalue weighted by Crippen LogP contribution is -2.66. The Morgan fingerprint density at radius 3 is 2.64 bits per heavy atom. The van der Waals surface area contributed by atoms with Crippen molar-refractivity contribution in [2.75, 3.05) is 12.0 Å². The third-order valence-corrected chi connectivity index (χ3v) is 4.08. The number of rotatable bonds is 6. The van der Waals surface area contributed by atoms with Gasteiger partial charge in [-0.25, -0.2) is 0 Å². The van der Waals surface area contributed by atoms with E-state index in [1.807, 2.05) is 12.1 Å². The summed E-state index contributed by atoms with van der Waals surface area (Å²) in [6.45, 7) is 9.02. The van der Waals surface area contributed by atoms with E-state index in [1.165, 1.54) is 0 Å². The Morgan fingerprint density at radius 2 is 2.14 bits per heavy atom. The highest BCUT2D eigenvalue weighted by Crippen LogP contribution is 2.38. The Kier molecular flexibility index (Phi) is 4.86. The Bertz CT molecular complexity index is 614. The van der Waals surface area contributed by atoms with Crippen molar-refractivity contribution < 1.29 is 14.6 Å². The lowest BCUT2D eigenvalue weighted by atomic mass is 9.79. The SMILES string of the molecule is C=C=C(C)[C@@H](O)[C@H]1[C@@H](CC=C)C(=O)N1c1ccc(OC)cc1. The Balaban J connectivity index is 2.32. The highest BCUT2D eigenvalue weighted by Gasteiger charge is 2.50. The van der Waals surface area contributed by atoms with Gasteiger partial charge < -0.3 is 14.7 Å². The summed E-state index contributed by atoms with van der Waals surface area (Å²) in [7, 11) is 1.59. The highest BCUT2D eigenvalue weighted by atomic mass is 16.5. The van der Waals surface area contributed by atoms with Gasteiger partial charge in [0.05, 0.1) is 19.1 Å². The van der Waals surface area contributed by atoms with Crippen LogP contribution in [-0.4, -0.2) is 30.3 Å². The molecule has 4 nitrogen and oxygen atoms in total. The Labute approximate surface area is 131 Å². The van der Waals surface area contributed by atoms with Crippen LogP contribution in [0.15, 0.2) is 54.8 Å². The second-order valence-electron chi connectivity index (χ2n) is 5.33. The van der Waals surface area contributed by atoms with Crippen molar-refractivity contribution in [2.45, 2.75) is 25.5 Å². The zero-order valence-electron chi connectivity index (χ0n) is 13.0. The number of hydrogen-bond acceptors (Lipinski definition) is 3. The van der Waals surface area contributed by atoms with Crippen molar-refractivity contribution in [3.8, 4) is 5.75 Å². The van der Waals surface area contributed by atoms with Gasteiger partial charge in [0.2, 0.25) is 5.91 Å². The maximum atomic E-state index is 12.4. The van der Waals surface area contributed by atoms with Crippen LogP contribution in [-0.2, 0) is 4.79 Å². The second kappa shape index (κ2) is 6.65. The molecule has 1 N–H and O–H groups in total. The van der Waals surface area contributed by atoms with E-state index in [0.717, 1.165) is 11.4 Å². The number of nitrogens with zero attached hydrogens (tertiary/aromatic N) is 1. The molecule has 2 rings (SSSR count). The van der Waals surface area contributed by atoms with E-state index in [9.17, 15) is 9.90 Å². The molecule has 3 atom stereocenters. The summed E-state index contributed by atoms with van der Waals surface area (Å²) in [5.74, 6) is 0.447. The summed E-state index contributed by atoms with van der Waals surface area (Å²) in [6.07, 6.45) is 1.46. The van der Waals surface area contributed by atoms with Gasteiger partial charge >= 0.3 is 0 Å². The fourth-order valence-electron chi connectivity index (χ4n) is 2.75. The summed E-state index contributed by atoms with van der Waals surface area (Å²) in [5, 5.41) is 10.5. The van der Waals surface area contributed by atoms with Crippen LogP contribution in [0.4, 0.5) is 5.69 Å². The van der Waals surface area contributed by atoms with Crippen molar-refractivity contribution >= 4 is 11.6 Å². The van der Waals surface area contributed by atoms with Gasteiger partial charge in [0.25, 0.3) is 0 Å². The topological polar surface area (TPSA) is 49.8 Å². The molecule has 1 aromatic carbocycles. The molecule has 1 aromatic rings. The fourth-order valence-corrected chi connectivity index (χ4v) is 2.75. The van der Waals surface area contributed by atoms with E-state index in [2.05, 4.69) is 18.9 Å². The van der Waals surface area contributed by atoms with Gasteiger partial charge in [-0.05, 0) is 43.2 Å². The maximum absolute atomic E-state index is 12.4. The van der Waals surface area contributed by atoms with Crippen LogP contribution in [0.3, 0.4) is 0 Å². The second-order valence-corrected chi connectivity index (χ2v) is 5.33. The summed E-state index contributed by atoms with van der Waals surface area (Å²) in [5.41, 5.74) is 4.09. The number of carbonyl (C=O) groups excluding carboxylic acids is 1. The first-order valence-corrected chi connectivity index (χ1v) is 7.17. The molecular formula is C18H21NO3. The van der Waals surface area contributed by atoms with Crippen LogP contribution in [0.25, 0.3) is 0 Å². The molecule has 1 fully saturated rings. The van der Waals surface area contributed by atoms with Crippen molar-refractivity contribution in [1.29, 1.82) is 0 Å². The fraction of sp³-hybridized carbons (Fsp3) is 0.333. The van der Waals surface area contributed by atoms with Crippen molar-refractivity contribution in [3.63, 3.8) is 0 Å². The first kappa shape index (κ1) is 16.1. The number of hydrogen-bond donors (Lipinski definition) is 1. The molecule has 1 saturated heterocycles. The Hall–Kier alpha value is -2.29. The van der Waals surface area contributed by atoms with Crippen LogP contribution in [0.1, 0.15) is 13.3 Å². The minimum absolute atomic E-state index is 0.00835. The van der Waals surface area contributed by atoms with Crippen LogP contribution in [0, 0.1) is 5.92 Å². The maximum Gasteiger partial charge on any atom is 0.233 e. The number of aliphatic hydroxyl groups is 1. The van der Waals surface area contributed by atoms with Crippen molar-refractivity contribution in [2.24, 2.45) is 5.92 Å². The summed E-state index contributed by atoms with van der Waals surface area (Å²) in [4.78, 5) is 14.0. The molecule has 1 amide bonds. The number of benzene rings is 1. The monoisotopic (exact) mass is 299 g/mol. The number of β-lactam (4-membered cyclic amide) rings is 1. The van der Waals surface area contributed by atoms with Gasteiger partial charge in [0.15, 0.2) is 0 Å². The average Bonchev–Trinajstić information content (AvgIpc) is 2.56. The first-order valence-electron chi connectivity index (χ1n) is 7.17. The van der Waals surface area contributed by atoms with Gasteiger partial charge in [0, 0.05) is 5.69 Å². The van der Waals surface area contributed by atoms with E-state index in [-0.39, 0.29) is 17.9 Å². The van der Waals surface area contributed by atoms with Crippen LogP contribution < -0.4 is 9.64 Å². The molecule has 0 aliphatic carbocycles. The minimum atomic E-state index is -0.790. The summed E-state index contributed by atoms with van der Waals surface area (Å²) >= 11 is 0. The molecule has 1 aliphatic rings. The molecule has 0 saturated carbocycles. The number of ether oxygens (including phenoxy) is 1. The van der Waals surface area contributed by atoms with Crippen LogP contribution >= 0.6 is 0 Å². The van der Waals surface area contributed by atoms with Gasteiger partial charge in [-0.2, -0.15) is 0 Å². The number of amides is 1. The first-order chi connectivity index (χ1) is 10.5. The van der Waals surface area contributed by atoms with Crippen LogP contribution in [0.2, 0.25) is 0 Å². The number of allylic oxidation sites excluding steroid dienone is 1. The number of aliphatic hydroxyl groups excluding tert-OH is 1. The molecule has 1 heterocycles. The molecule has 116 valence electrons. The number of carbonyl (C=O) groups is 1. The lowest BCUT2D eigenvalue weighted by Gasteiger charge is -2.49. The lowest BCUT2D eigenvalue weighted by molar-refractivity contribution is -0.132. The van der Waals surface area contributed by atoms with Gasteiger partial charge in [-0.1, -0.05) is 12.7 Å². The van der Waals surface area contributed by atoms with Crippen molar-refractivity contribution in [3.05, 3.63) is 54.8 Å². The molecule has 22 heavy (non-hydrogen) atoms. The molecule has 0 bridgehead atoms. The van der Waals surface area contributed by atoms with E-state index >= 15 is 0 Å². The molecular weight excluding hydrogens is 278 g/mol. The van der Waals surface area contributed by atoms with Crippen molar-refractivity contribution in [1.82, 2.24) is 0 Å². The van der Waals surface area contributed by atoms with E-state index in [0.29, 0.717) is 12.0 Å². The van der Waals surface area contributed by atoms with Gasteiger partial charge in [-0.15, -0.1) is 12.3 Å². The number of methoxy groups -OCH3 is 1. The van der Waals surface area contributed by atoms with Crippen LogP contribution in [0.5, 0.6) is 5.75 Å². The van der Waals surface area contributed by atoms with Gasteiger partial charge in [0.1, 0.15) is 11.9 Å². The minimum Gasteiger partial charge on any atom is -0.497 e. The van der Waals surface area contributed by atoms with E-state index in [4.69, 9.17) is 4.74 Å². The molecule has 0 radical (unpaired) electrons.